The largest absolute Gasteiger partial charge is 0.309 e. The lowest BCUT2D eigenvalue weighted by Gasteiger charge is -2.11. The van der Waals surface area contributed by atoms with Crippen LogP contribution >= 0.6 is 0 Å². The Labute approximate surface area is 115 Å². The molecule has 0 saturated carbocycles. The van der Waals surface area contributed by atoms with Gasteiger partial charge in [0.05, 0.1) is 10.6 Å². The molecule has 8 nitrogen and oxygen atoms in total. The Balaban J connectivity index is 2.34. The van der Waals surface area contributed by atoms with Crippen LogP contribution in [0.25, 0.3) is 0 Å². The third kappa shape index (κ3) is 2.31. The number of nitro groups is 1. The van der Waals surface area contributed by atoms with Crippen LogP contribution in [-0.4, -0.2) is 30.4 Å². The van der Waals surface area contributed by atoms with Crippen molar-refractivity contribution in [1.29, 1.82) is 0 Å². The lowest BCUT2D eigenvalue weighted by molar-refractivity contribution is -0.385. The molecule has 0 spiro atoms. The first-order chi connectivity index (χ1) is 9.31. The summed E-state index contributed by atoms with van der Waals surface area (Å²) in [7, 11) is 0. The highest BCUT2D eigenvalue weighted by atomic mass is 16.6. The van der Waals surface area contributed by atoms with Gasteiger partial charge in [-0.3, -0.25) is 19.6 Å². The van der Waals surface area contributed by atoms with Gasteiger partial charge in [-0.05, 0) is 33.8 Å². The molecule has 0 aromatic carbocycles. The molecule has 2 heterocycles. The molecule has 0 N–H and O–H groups in total. The summed E-state index contributed by atoms with van der Waals surface area (Å²) in [6.07, 6.45) is 1.27. The molecular weight excluding hydrogens is 262 g/mol. The highest BCUT2D eigenvalue weighted by molar-refractivity contribution is 5.82. The van der Waals surface area contributed by atoms with E-state index in [4.69, 9.17) is 0 Å². The van der Waals surface area contributed by atoms with Crippen molar-refractivity contribution in [2.45, 2.75) is 33.7 Å². The van der Waals surface area contributed by atoms with Crippen LogP contribution in [0, 0.1) is 30.9 Å². The molecule has 0 aliphatic carbocycles. The standard InChI is InChI=1S/C12H15N5O3/c1-7-5-8(2)16(13-7)12(18)10(4)15-6-11(17(19)20)9(3)14-15/h5-6,10H,1-4H3/t10-/m1/s1. The fourth-order valence-electron chi connectivity index (χ4n) is 1.99. The summed E-state index contributed by atoms with van der Waals surface area (Å²) < 4.78 is 2.59. The number of nitrogens with zero attached hydrogens (tertiary/aromatic N) is 5. The Kier molecular flexibility index (Phi) is 3.39. The van der Waals surface area contributed by atoms with Crippen molar-refractivity contribution in [2.24, 2.45) is 0 Å². The molecule has 0 fully saturated rings. The van der Waals surface area contributed by atoms with Crippen LogP contribution in [-0.2, 0) is 0 Å². The highest BCUT2D eigenvalue weighted by Crippen LogP contribution is 2.19. The minimum atomic E-state index is -0.666. The van der Waals surface area contributed by atoms with Crippen molar-refractivity contribution in [3.63, 3.8) is 0 Å². The van der Waals surface area contributed by atoms with Crippen LogP contribution in [0.4, 0.5) is 5.69 Å². The van der Waals surface area contributed by atoms with E-state index in [9.17, 15) is 14.9 Å². The number of aryl methyl sites for hydroxylation is 3. The number of aromatic nitrogens is 4. The first kappa shape index (κ1) is 13.9. The Hall–Kier alpha value is -2.51. The summed E-state index contributed by atoms with van der Waals surface area (Å²) >= 11 is 0. The van der Waals surface area contributed by atoms with Gasteiger partial charge in [-0.2, -0.15) is 10.2 Å². The van der Waals surface area contributed by atoms with Crippen molar-refractivity contribution in [1.82, 2.24) is 19.6 Å². The molecule has 0 unspecified atom stereocenters. The van der Waals surface area contributed by atoms with Gasteiger partial charge < -0.3 is 0 Å². The van der Waals surface area contributed by atoms with Gasteiger partial charge in [0.2, 0.25) is 0 Å². The fraction of sp³-hybridized carbons (Fsp3) is 0.417. The van der Waals surface area contributed by atoms with Gasteiger partial charge in [0.15, 0.2) is 0 Å². The van der Waals surface area contributed by atoms with Gasteiger partial charge in [-0.1, -0.05) is 0 Å². The summed E-state index contributed by atoms with van der Waals surface area (Å²) in [6.45, 7) is 6.75. The fourth-order valence-corrected chi connectivity index (χ4v) is 1.99. The van der Waals surface area contributed by atoms with Gasteiger partial charge in [0, 0.05) is 5.69 Å². The molecule has 0 amide bonds. The predicted octanol–water partition coefficient (Wildman–Crippen LogP) is 1.81. The SMILES string of the molecule is Cc1cc(C)n(C(=O)[C@@H](C)n2cc([N+](=O)[O-])c(C)n2)n1. The maximum atomic E-state index is 12.3. The zero-order valence-electron chi connectivity index (χ0n) is 11.7. The Morgan fingerprint density at radius 3 is 2.45 bits per heavy atom. The summed E-state index contributed by atoms with van der Waals surface area (Å²) in [6, 6.07) is 1.13. The van der Waals surface area contributed by atoms with Crippen molar-refractivity contribution in [3.8, 4) is 0 Å². The number of carbonyl (C=O) groups is 1. The molecule has 0 aliphatic rings. The summed E-state index contributed by atoms with van der Waals surface area (Å²) in [5.74, 6) is -0.284. The molecule has 2 rings (SSSR count). The normalized spacial score (nSPS) is 12.4. The molecule has 0 aliphatic heterocycles. The van der Waals surface area contributed by atoms with Crippen LogP contribution < -0.4 is 0 Å². The Bertz CT molecular complexity index is 685. The second kappa shape index (κ2) is 4.87. The molecule has 1 atom stereocenters. The molecule has 2 aromatic rings. The molecule has 0 saturated heterocycles. The number of hydrogen-bond acceptors (Lipinski definition) is 5. The number of hydrogen-bond donors (Lipinski definition) is 0. The zero-order valence-corrected chi connectivity index (χ0v) is 11.7. The van der Waals surface area contributed by atoms with Gasteiger partial charge >= 0.3 is 5.69 Å². The maximum Gasteiger partial charge on any atom is 0.309 e. The van der Waals surface area contributed by atoms with Crippen LogP contribution in [0.15, 0.2) is 12.3 Å². The Morgan fingerprint density at radius 2 is 2.00 bits per heavy atom. The average molecular weight is 277 g/mol. The second-order valence-electron chi connectivity index (χ2n) is 4.69. The lowest BCUT2D eigenvalue weighted by Crippen LogP contribution is -2.25. The van der Waals surface area contributed by atoms with Crippen molar-refractivity contribution >= 4 is 11.6 Å². The van der Waals surface area contributed by atoms with Gasteiger partial charge in [0.25, 0.3) is 5.91 Å². The smallest absolute Gasteiger partial charge is 0.270 e. The van der Waals surface area contributed by atoms with E-state index in [0.29, 0.717) is 0 Å². The van der Waals surface area contributed by atoms with Gasteiger partial charge in [-0.15, -0.1) is 0 Å². The number of carbonyl (C=O) groups excluding carboxylic acids is 1. The maximum absolute atomic E-state index is 12.3. The van der Waals surface area contributed by atoms with E-state index in [0.717, 1.165) is 11.4 Å². The summed E-state index contributed by atoms with van der Waals surface area (Å²) in [4.78, 5) is 22.6. The Morgan fingerprint density at radius 1 is 1.35 bits per heavy atom. The van der Waals surface area contributed by atoms with Crippen molar-refractivity contribution in [2.75, 3.05) is 0 Å². The summed E-state index contributed by atoms with van der Waals surface area (Å²) in [5, 5.41) is 18.9. The zero-order chi connectivity index (χ0) is 15.0. The topological polar surface area (TPSA) is 95.8 Å². The average Bonchev–Trinajstić information content (AvgIpc) is 2.90. The molecule has 106 valence electrons. The van der Waals surface area contributed by atoms with Crippen molar-refractivity contribution < 1.29 is 9.72 Å². The minimum absolute atomic E-state index is 0.0991. The third-order valence-electron chi connectivity index (χ3n) is 3.06. The number of rotatable bonds is 3. The molecule has 20 heavy (non-hydrogen) atoms. The molecular formula is C12H15N5O3. The molecule has 0 bridgehead atoms. The minimum Gasteiger partial charge on any atom is -0.270 e. The molecule has 8 heteroatoms. The molecule has 2 aromatic heterocycles. The van der Waals surface area contributed by atoms with Crippen LogP contribution in [0.5, 0.6) is 0 Å². The van der Waals surface area contributed by atoms with Crippen molar-refractivity contribution in [3.05, 3.63) is 39.5 Å². The van der Waals surface area contributed by atoms with Crippen LogP contribution in [0.1, 0.15) is 34.8 Å². The van der Waals surface area contributed by atoms with E-state index in [1.54, 1.807) is 26.8 Å². The first-order valence-electron chi connectivity index (χ1n) is 6.09. The van der Waals surface area contributed by atoms with Crippen LogP contribution in [0.3, 0.4) is 0 Å². The quantitative estimate of drug-likeness (QED) is 0.629. The summed E-state index contributed by atoms with van der Waals surface area (Å²) in [5.41, 5.74) is 1.64. The first-order valence-corrected chi connectivity index (χ1v) is 6.09. The highest BCUT2D eigenvalue weighted by Gasteiger charge is 2.24. The second-order valence-corrected chi connectivity index (χ2v) is 4.69. The van der Waals surface area contributed by atoms with E-state index in [1.807, 2.05) is 0 Å². The third-order valence-corrected chi connectivity index (χ3v) is 3.06. The van der Waals surface area contributed by atoms with Gasteiger partial charge in [-0.25, -0.2) is 4.68 Å². The van der Waals surface area contributed by atoms with Crippen LogP contribution in [0.2, 0.25) is 0 Å². The molecule has 0 radical (unpaired) electrons. The van der Waals surface area contributed by atoms with E-state index in [1.165, 1.54) is 22.5 Å². The predicted molar refractivity (Wildman–Crippen MR) is 70.7 cm³/mol. The van der Waals surface area contributed by atoms with Gasteiger partial charge in [0.1, 0.15) is 17.9 Å². The lowest BCUT2D eigenvalue weighted by atomic mass is 10.3. The van der Waals surface area contributed by atoms with E-state index >= 15 is 0 Å². The monoisotopic (exact) mass is 277 g/mol. The van der Waals surface area contributed by atoms with E-state index in [-0.39, 0.29) is 17.3 Å². The van der Waals surface area contributed by atoms with E-state index in [2.05, 4.69) is 10.2 Å². The van der Waals surface area contributed by atoms with E-state index < -0.39 is 11.0 Å².